The Morgan fingerprint density at radius 1 is 1.31 bits per heavy atom. The highest BCUT2D eigenvalue weighted by atomic mass is 32.2. The summed E-state index contributed by atoms with van der Waals surface area (Å²) in [6.45, 7) is 5.27. The SMILES string of the molecule is CC(C)c1nc(S(=O)(=O)NC(c2cccnc2)C2CCOCC2)cn1C. The average Bonchev–Trinajstić information content (AvgIpc) is 3.04. The zero-order valence-electron chi connectivity index (χ0n) is 15.4. The molecule has 1 atom stereocenters. The monoisotopic (exact) mass is 378 g/mol. The first kappa shape index (κ1) is 19.0. The van der Waals surface area contributed by atoms with E-state index in [2.05, 4.69) is 14.7 Å². The van der Waals surface area contributed by atoms with Gasteiger partial charge in [0.1, 0.15) is 5.82 Å². The van der Waals surface area contributed by atoms with E-state index in [-0.39, 0.29) is 22.9 Å². The summed E-state index contributed by atoms with van der Waals surface area (Å²) in [6.07, 6.45) is 6.60. The number of ether oxygens (including phenoxy) is 1. The number of pyridine rings is 1. The molecule has 0 aliphatic carbocycles. The predicted molar refractivity (Wildman–Crippen MR) is 98.1 cm³/mol. The standard InChI is InChI=1S/C18H26N4O3S/c1-13(2)18-20-16(12-22(18)3)26(23,24)21-17(14-6-9-25-10-7-14)15-5-4-8-19-11-15/h4-5,8,11-14,17,21H,6-7,9-10H2,1-3H3. The lowest BCUT2D eigenvalue weighted by molar-refractivity contribution is 0.0564. The molecular weight excluding hydrogens is 352 g/mol. The van der Waals surface area contributed by atoms with Crippen LogP contribution in [-0.4, -0.2) is 36.2 Å². The molecule has 3 rings (SSSR count). The van der Waals surface area contributed by atoms with Gasteiger partial charge in [-0.2, -0.15) is 0 Å². The molecule has 0 bridgehead atoms. The van der Waals surface area contributed by atoms with Crippen LogP contribution >= 0.6 is 0 Å². The molecule has 3 heterocycles. The molecule has 0 aromatic carbocycles. The van der Waals surface area contributed by atoms with Gasteiger partial charge in [-0.15, -0.1) is 0 Å². The van der Waals surface area contributed by atoms with E-state index in [9.17, 15) is 8.42 Å². The molecule has 1 unspecified atom stereocenters. The molecule has 1 aliphatic heterocycles. The van der Waals surface area contributed by atoms with Crippen LogP contribution in [0.5, 0.6) is 0 Å². The second-order valence-corrected chi connectivity index (χ2v) is 8.70. The minimum Gasteiger partial charge on any atom is -0.381 e. The highest BCUT2D eigenvalue weighted by Crippen LogP contribution is 2.31. The van der Waals surface area contributed by atoms with Crippen molar-refractivity contribution in [3.05, 3.63) is 42.1 Å². The Morgan fingerprint density at radius 2 is 2.04 bits per heavy atom. The highest BCUT2D eigenvalue weighted by molar-refractivity contribution is 7.89. The lowest BCUT2D eigenvalue weighted by Crippen LogP contribution is -2.36. The summed E-state index contributed by atoms with van der Waals surface area (Å²) in [5.41, 5.74) is 0.864. The topological polar surface area (TPSA) is 86.1 Å². The van der Waals surface area contributed by atoms with Gasteiger partial charge in [0.2, 0.25) is 0 Å². The van der Waals surface area contributed by atoms with Crippen LogP contribution in [0.2, 0.25) is 0 Å². The minimum atomic E-state index is -3.74. The number of imidazole rings is 1. The van der Waals surface area contributed by atoms with Crippen molar-refractivity contribution in [2.75, 3.05) is 13.2 Å². The van der Waals surface area contributed by atoms with Crippen molar-refractivity contribution >= 4 is 10.0 Å². The molecule has 1 fully saturated rings. The van der Waals surface area contributed by atoms with E-state index in [0.717, 1.165) is 24.2 Å². The fourth-order valence-corrected chi connectivity index (χ4v) is 4.69. The molecule has 0 amide bonds. The maximum Gasteiger partial charge on any atom is 0.260 e. The van der Waals surface area contributed by atoms with Crippen LogP contribution in [0.3, 0.4) is 0 Å². The van der Waals surface area contributed by atoms with E-state index in [1.807, 2.05) is 33.0 Å². The number of hydrogen-bond donors (Lipinski definition) is 1. The first-order chi connectivity index (χ1) is 12.4. The maximum atomic E-state index is 13.0. The van der Waals surface area contributed by atoms with Gasteiger partial charge >= 0.3 is 0 Å². The Bertz CT molecular complexity index is 827. The van der Waals surface area contributed by atoms with Crippen LogP contribution in [-0.2, 0) is 21.8 Å². The summed E-state index contributed by atoms with van der Waals surface area (Å²) in [5.74, 6) is 1.05. The number of aryl methyl sites for hydroxylation is 1. The molecule has 0 radical (unpaired) electrons. The Kier molecular flexibility index (Phi) is 5.74. The highest BCUT2D eigenvalue weighted by Gasteiger charge is 2.31. The van der Waals surface area contributed by atoms with E-state index in [1.165, 1.54) is 0 Å². The van der Waals surface area contributed by atoms with Crippen molar-refractivity contribution in [3.8, 4) is 0 Å². The Balaban J connectivity index is 1.91. The van der Waals surface area contributed by atoms with Crippen molar-refractivity contribution in [2.45, 2.75) is 43.7 Å². The zero-order valence-corrected chi connectivity index (χ0v) is 16.2. The third kappa shape index (κ3) is 4.13. The summed E-state index contributed by atoms with van der Waals surface area (Å²) in [4.78, 5) is 8.50. The first-order valence-corrected chi connectivity index (χ1v) is 10.4. The summed E-state index contributed by atoms with van der Waals surface area (Å²) < 4.78 is 36.1. The summed E-state index contributed by atoms with van der Waals surface area (Å²) in [5, 5.41) is 0.0599. The van der Waals surface area contributed by atoms with Crippen LogP contribution in [0.1, 0.15) is 50.0 Å². The molecule has 0 spiro atoms. The van der Waals surface area contributed by atoms with Crippen LogP contribution in [0, 0.1) is 5.92 Å². The van der Waals surface area contributed by atoms with Crippen molar-refractivity contribution < 1.29 is 13.2 Å². The van der Waals surface area contributed by atoms with Crippen molar-refractivity contribution in [3.63, 3.8) is 0 Å². The normalized spacial score (nSPS) is 17.5. The molecule has 2 aromatic heterocycles. The van der Waals surface area contributed by atoms with Gasteiger partial charge in [0.25, 0.3) is 10.0 Å². The Labute approximate surface area is 154 Å². The number of rotatable bonds is 6. The summed E-state index contributed by atoms with van der Waals surface area (Å²) >= 11 is 0. The summed E-state index contributed by atoms with van der Waals surface area (Å²) in [7, 11) is -1.92. The molecule has 8 heteroatoms. The molecular formula is C18H26N4O3S. The zero-order chi connectivity index (χ0) is 18.7. The van der Waals surface area contributed by atoms with Crippen molar-refractivity contribution in [1.29, 1.82) is 0 Å². The molecule has 7 nitrogen and oxygen atoms in total. The van der Waals surface area contributed by atoms with Gasteiger partial charge < -0.3 is 9.30 Å². The lowest BCUT2D eigenvalue weighted by Gasteiger charge is -2.30. The van der Waals surface area contributed by atoms with Gasteiger partial charge in [-0.05, 0) is 30.4 Å². The van der Waals surface area contributed by atoms with Crippen molar-refractivity contribution in [2.24, 2.45) is 13.0 Å². The average molecular weight is 378 g/mol. The number of nitrogens with one attached hydrogen (secondary N) is 1. The van der Waals surface area contributed by atoms with Gasteiger partial charge in [-0.3, -0.25) is 4.98 Å². The van der Waals surface area contributed by atoms with E-state index in [1.54, 1.807) is 23.2 Å². The predicted octanol–water partition coefficient (Wildman–Crippen LogP) is 2.38. The van der Waals surface area contributed by atoms with Gasteiger partial charge in [0, 0.05) is 44.8 Å². The molecule has 1 aliphatic rings. The lowest BCUT2D eigenvalue weighted by atomic mass is 9.88. The number of hydrogen-bond acceptors (Lipinski definition) is 5. The molecule has 1 N–H and O–H groups in total. The second-order valence-electron chi connectivity index (χ2n) is 7.04. The van der Waals surface area contributed by atoms with Gasteiger partial charge in [0.15, 0.2) is 5.03 Å². The van der Waals surface area contributed by atoms with Crippen LogP contribution in [0.25, 0.3) is 0 Å². The number of nitrogens with zero attached hydrogens (tertiary/aromatic N) is 3. The summed E-state index contributed by atoms with van der Waals surface area (Å²) in [6, 6.07) is 3.39. The smallest absolute Gasteiger partial charge is 0.260 e. The minimum absolute atomic E-state index is 0.0599. The van der Waals surface area contributed by atoms with Crippen LogP contribution in [0.4, 0.5) is 0 Å². The third-order valence-corrected chi connectivity index (χ3v) is 6.06. The van der Waals surface area contributed by atoms with Crippen molar-refractivity contribution in [1.82, 2.24) is 19.3 Å². The molecule has 0 saturated carbocycles. The Morgan fingerprint density at radius 3 is 2.62 bits per heavy atom. The van der Waals surface area contributed by atoms with Gasteiger partial charge in [-0.25, -0.2) is 18.1 Å². The van der Waals surface area contributed by atoms with E-state index in [4.69, 9.17) is 4.74 Å². The molecule has 1 saturated heterocycles. The van der Waals surface area contributed by atoms with Gasteiger partial charge in [0.05, 0.1) is 6.04 Å². The first-order valence-electron chi connectivity index (χ1n) is 8.91. The van der Waals surface area contributed by atoms with Crippen LogP contribution in [0.15, 0.2) is 35.7 Å². The second kappa shape index (κ2) is 7.85. The van der Waals surface area contributed by atoms with Crippen LogP contribution < -0.4 is 4.72 Å². The largest absolute Gasteiger partial charge is 0.381 e. The number of sulfonamides is 1. The number of aromatic nitrogens is 3. The van der Waals surface area contributed by atoms with E-state index >= 15 is 0 Å². The fraction of sp³-hybridized carbons (Fsp3) is 0.556. The fourth-order valence-electron chi connectivity index (χ4n) is 3.39. The van der Waals surface area contributed by atoms with E-state index < -0.39 is 10.0 Å². The Hall–Kier alpha value is -1.77. The third-order valence-electron chi connectivity index (χ3n) is 4.74. The molecule has 26 heavy (non-hydrogen) atoms. The van der Waals surface area contributed by atoms with E-state index in [0.29, 0.717) is 13.2 Å². The molecule has 2 aromatic rings. The van der Waals surface area contributed by atoms with Gasteiger partial charge in [-0.1, -0.05) is 19.9 Å². The quantitative estimate of drug-likeness (QED) is 0.834. The maximum absolute atomic E-state index is 13.0. The molecule has 142 valence electrons.